The van der Waals surface area contributed by atoms with Gasteiger partial charge < -0.3 is 10.2 Å². The second-order valence-corrected chi connectivity index (χ2v) is 5.21. The van der Waals surface area contributed by atoms with Gasteiger partial charge in [0.2, 0.25) is 0 Å². The van der Waals surface area contributed by atoms with Crippen molar-refractivity contribution in [3.05, 3.63) is 16.1 Å². The molecular weight excluding hydrogens is 206 g/mol. The van der Waals surface area contributed by atoms with Gasteiger partial charge in [0.1, 0.15) is 0 Å². The van der Waals surface area contributed by atoms with Crippen LogP contribution in [0.25, 0.3) is 0 Å². The van der Waals surface area contributed by atoms with Crippen LogP contribution in [0.4, 0.5) is 0 Å². The van der Waals surface area contributed by atoms with Crippen LogP contribution in [0, 0.1) is 6.92 Å². The molecule has 2 heterocycles. The lowest BCUT2D eigenvalue weighted by Gasteiger charge is -2.31. The van der Waals surface area contributed by atoms with Gasteiger partial charge in [-0.3, -0.25) is 0 Å². The number of piperazine rings is 1. The Balaban J connectivity index is 1.80. The van der Waals surface area contributed by atoms with E-state index >= 15 is 0 Å². The Morgan fingerprint density at radius 2 is 2.53 bits per heavy atom. The first-order chi connectivity index (χ1) is 7.25. The molecule has 3 nitrogen and oxygen atoms in total. The van der Waals surface area contributed by atoms with Crippen LogP contribution in [0.5, 0.6) is 0 Å². The molecule has 0 aromatic carbocycles. The van der Waals surface area contributed by atoms with Crippen molar-refractivity contribution in [1.82, 2.24) is 15.2 Å². The molecule has 1 aliphatic rings. The van der Waals surface area contributed by atoms with Crippen molar-refractivity contribution in [3.63, 3.8) is 0 Å². The molecule has 1 saturated heterocycles. The van der Waals surface area contributed by atoms with Gasteiger partial charge in [-0.25, -0.2) is 4.98 Å². The summed E-state index contributed by atoms with van der Waals surface area (Å²) in [4.78, 5) is 8.27. The molecule has 2 rings (SSSR count). The molecule has 0 saturated carbocycles. The summed E-state index contributed by atoms with van der Waals surface area (Å²) in [7, 11) is 0. The highest BCUT2D eigenvalue weighted by molar-refractivity contribution is 7.09. The predicted octanol–water partition coefficient (Wildman–Crippen LogP) is 1.29. The fourth-order valence-corrected chi connectivity index (χ4v) is 2.81. The van der Waals surface area contributed by atoms with Gasteiger partial charge in [0, 0.05) is 37.1 Å². The van der Waals surface area contributed by atoms with Gasteiger partial charge in [0.25, 0.3) is 0 Å². The lowest BCUT2D eigenvalue weighted by atomic mass is 10.2. The molecule has 0 bridgehead atoms. The predicted molar refractivity (Wildman–Crippen MR) is 64.5 cm³/mol. The molecule has 4 heteroatoms. The van der Waals surface area contributed by atoms with E-state index in [2.05, 4.69) is 29.0 Å². The lowest BCUT2D eigenvalue weighted by Crippen LogP contribution is -2.49. The van der Waals surface area contributed by atoms with Crippen molar-refractivity contribution in [2.24, 2.45) is 0 Å². The quantitative estimate of drug-likeness (QED) is 0.840. The molecule has 0 amide bonds. The third-order valence-corrected chi connectivity index (χ3v) is 3.95. The highest BCUT2D eigenvalue weighted by Crippen LogP contribution is 2.13. The van der Waals surface area contributed by atoms with Gasteiger partial charge in [-0.15, -0.1) is 11.3 Å². The zero-order chi connectivity index (χ0) is 10.7. The van der Waals surface area contributed by atoms with Gasteiger partial charge in [0.15, 0.2) is 0 Å². The number of nitrogens with one attached hydrogen (secondary N) is 1. The Morgan fingerprint density at radius 1 is 1.67 bits per heavy atom. The smallest absolute Gasteiger partial charge is 0.0797 e. The average Bonchev–Trinajstić information content (AvgIpc) is 2.61. The van der Waals surface area contributed by atoms with Crippen LogP contribution in [-0.4, -0.2) is 42.1 Å². The summed E-state index contributed by atoms with van der Waals surface area (Å²) in [5.41, 5.74) is 3.16. The molecule has 1 aromatic heterocycles. The second-order valence-electron chi connectivity index (χ2n) is 4.27. The number of nitrogens with zero attached hydrogens (tertiary/aromatic N) is 2. The minimum Gasteiger partial charge on any atom is -0.312 e. The average molecular weight is 225 g/mol. The normalized spacial score (nSPS) is 23.2. The van der Waals surface area contributed by atoms with Crippen LogP contribution in [0.3, 0.4) is 0 Å². The van der Waals surface area contributed by atoms with E-state index in [1.807, 2.05) is 5.51 Å². The summed E-state index contributed by atoms with van der Waals surface area (Å²) < 4.78 is 0. The van der Waals surface area contributed by atoms with Crippen molar-refractivity contribution in [2.45, 2.75) is 26.3 Å². The Labute approximate surface area is 95.5 Å². The number of hydrogen-bond donors (Lipinski definition) is 1. The Kier molecular flexibility index (Phi) is 3.72. The van der Waals surface area contributed by atoms with Crippen LogP contribution in [0.15, 0.2) is 5.51 Å². The van der Waals surface area contributed by atoms with Crippen LogP contribution < -0.4 is 5.32 Å². The number of aromatic nitrogens is 1. The molecule has 84 valence electrons. The highest BCUT2D eigenvalue weighted by Gasteiger charge is 2.15. The molecule has 0 radical (unpaired) electrons. The SMILES string of the molecule is Cc1ncsc1CCN1CCNC(C)C1. The number of thiazole rings is 1. The maximum absolute atomic E-state index is 4.28. The molecule has 15 heavy (non-hydrogen) atoms. The topological polar surface area (TPSA) is 28.2 Å². The van der Waals surface area contributed by atoms with E-state index in [0.29, 0.717) is 6.04 Å². The van der Waals surface area contributed by atoms with Crippen molar-refractivity contribution < 1.29 is 0 Å². The van der Waals surface area contributed by atoms with E-state index in [-0.39, 0.29) is 0 Å². The van der Waals surface area contributed by atoms with E-state index in [0.717, 1.165) is 13.0 Å². The second kappa shape index (κ2) is 5.05. The summed E-state index contributed by atoms with van der Waals surface area (Å²) in [5, 5.41) is 3.47. The first-order valence-corrected chi connectivity index (χ1v) is 6.48. The summed E-state index contributed by atoms with van der Waals surface area (Å²) in [5.74, 6) is 0. The molecule has 1 unspecified atom stereocenters. The minimum atomic E-state index is 0.640. The molecule has 1 aliphatic heterocycles. The summed E-state index contributed by atoms with van der Waals surface area (Å²) in [6, 6.07) is 0.640. The van der Waals surface area contributed by atoms with Crippen molar-refractivity contribution in [1.29, 1.82) is 0 Å². The Bertz CT molecular complexity index is 311. The minimum absolute atomic E-state index is 0.640. The Morgan fingerprint density at radius 3 is 3.20 bits per heavy atom. The van der Waals surface area contributed by atoms with E-state index in [4.69, 9.17) is 0 Å². The first kappa shape index (κ1) is 11.0. The highest BCUT2D eigenvalue weighted by atomic mass is 32.1. The van der Waals surface area contributed by atoms with Crippen LogP contribution in [-0.2, 0) is 6.42 Å². The standard InChI is InChI=1S/C11H19N3S/c1-9-7-14(6-4-12-9)5-3-11-10(2)13-8-15-11/h8-9,12H,3-7H2,1-2H3. The van der Waals surface area contributed by atoms with Gasteiger partial charge >= 0.3 is 0 Å². The van der Waals surface area contributed by atoms with Crippen molar-refractivity contribution >= 4 is 11.3 Å². The first-order valence-electron chi connectivity index (χ1n) is 5.60. The summed E-state index contributed by atoms with van der Waals surface area (Å²) in [6.07, 6.45) is 1.16. The molecule has 1 atom stereocenters. The van der Waals surface area contributed by atoms with Gasteiger partial charge in [-0.2, -0.15) is 0 Å². The maximum atomic E-state index is 4.28. The number of hydrogen-bond acceptors (Lipinski definition) is 4. The van der Waals surface area contributed by atoms with Crippen LogP contribution in [0.1, 0.15) is 17.5 Å². The van der Waals surface area contributed by atoms with E-state index in [1.165, 1.54) is 30.2 Å². The third kappa shape index (κ3) is 3.00. The van der Waals surface area contributed by atoms with E-state index in [1.54, 1.807) is 11.3 Å². The number of aryl methyl sites for hydroxylation is 1. The monoisotopic (exact) mass is 225 g/mol. The molecule has 1 fully saturated rings. The molecule has 0 spiro atoms. The summed E-state index contributed by atoms with van der Waals surface area (Å²) >= 11 is 1.79. The van der Waals surface area contributed by atoms with Gasteiger partial charge in [0.05, 0.1) is 11.2 Å². The van der Waals surface area contributed by atoms with E-state index < -0.39 is 0 Å². The van der Waals surface area contributed by atoms with Gasteiger partial charge in [-0.1, -0.05) is 0 Å². The molecule has 1 aromatic rings. The van der Waals surface area contributed by atoms with E-state index in [9.17, 15) is 0 Å². The maximum Gasteiger partial charge on any atom is 0.0797 e. The van der Waals surface area contributed by atoms with Crippen LogP contribution >= 0.6 is 11.3 Å². The summed E-state index contributed by atoms with van der Waals surface area (Å²) in [6.45, 7) is 9.02. The largest absolute Gasteiger partial charge is 0.312 e. The van der Waals surface area contributed by atoms with Crippen molar-refractivity contribution in [3.8, 4) is 0 Å². The Hall–Kier alpha value is -0.450. The lowest BCUT2D eigenvalue weighted by molar-refractivity contribution is 0.209. The zero-order valence-corrected chi connectivity index (χ0v) is 10.3. The fraction of sp³-hybridized carbons (Fsp3) is 0.727. The third-order valence-electron chi connectivity index (χ3n) is 2.95. The zero-order valence-electron chi connectivity index (χ0n) is 9.49. The molecule has 0 aliphatic carbocycles. The molecular formula is C11H19N3S. The molecule has 1 N–H and O–H groups in total. The van der Waals surface area contributed by atoms with Crippen molar-refractivity contribution in [2.75, 3.05) is 26.2 Å². The number of rotatable bonds is 3. The fourth-order valence-electron chi connectivity index (χ4n) is 2.04. The van der Waals surface area contributed by atoms with Crippen LogP contribution in [0.2, 0.25) is 0 Å². The van der Waals surface area contributed by atoms with Gasteiger partial charge in [-0.05, 0) is 20.3 Å².